The van der Waals surface area contributed by atoms with Gasteiger partial charge in [0, 0.05) is 6.54 Å². The number of nitrogens with zero attached hydrogens (tertiary/aromatic N) is 1. The van der Waals surface area contributed by atoms with Gasteiger partial charge >= 0.3 is 0 Å². The van der Waals surface area contributed by atoms with E-state index < -0.39 is 5.41 Å². The summed E-state index contributed by atoms with van der Waals surface area (Å²) >= 11 is 0. The third-order valence-corrected chi connectivity index (χ3v) is 7.32. The van der Waals surface area contributed by atoms with Crippen molar-refractivity contribution >= 4 is 5.91 Å². The molecule has 0 saturated carbocycles. The van der Waals surface area contributed by atoms with Crippen LogP contribution in [0.3, 0.4) is 0 Å². The van der Waals surface area contributed by atoms with Crippen molar-refractivity contribution in [1.82, 2.24) is 4.90 Å². The summed E-state index contributed by atoms with van der Waals surface area (Å²) in [5.74, 6) is 0.00466. The first-order valence-corrected chi connectivity index (χ1v) is 12.1. The molecule has 4 rings (SSSR count). The van der Waals surface area contributed by atoms with Crippen molar-refractivity contribution < 1.29 is 4.79 Å². The fraction of sp³-hybridized carbons (Fsp3) is 0.414. The van der Waals surface area contributed by atoms with E-state index >= 15 is 0 Å². The van der Waals surface area contributed by atoms with Crippen molar-refractivity contribution in [2.45, 2.75) is 50.9 Å². The molecule has 0 aromatic heterocycles. The monoisotopic (exact) mass is 428 g/mol. The molecule has 1 heterocycles. The molecule has 0 spiro atoms. The molecule has 1 aliphatic carbocycles. The van der Waals surface area contributed by atoms with E-state index in [0.29, 0.717) is 0 Å². The Labute approximate surface area is 193 Å². The van der Waals surface area contributed by atoms with Gasteiger partial charge in [-0.15, -0.1) is 0 Å². The Balaban J connectivity index is 1.54. The van der Waals surface area contributed by atoms with Gasteiger partial charge in [-0.1, -0.05) is 78.4 Å². The number of piperidine rings is 1. The number of allylic oxidation sites excluding steroid dienone is 3. The summed E-state index contributed by atoms with van der Waals surface area (Å²) < 4.78 is 0. The summed E-state index contributed by atoms with van der Waals surface area (Å²) in [6, 6.07) is 19.2. The van der Waals surface area contributed by atoms with Crippen molar-refractivity contribution in [2.75, 3.05) is 19.6 Å². The average molecular weight is 429 g/mol. The van der Waals surface area contributed by atoms with E-state index in [9.17, 15) is 4.79 Å². The lowest BCUT2D eigenvalue weighted by Crippen LogP contribution is -2.54. The van der Waals surface area contributed by atoms with Crippen LogP contribution in [-0.2, 0) is 16.6 Å². The number of nitrogens with two attached hydrogens (primary N) is 1. The summed E-state index contributed by atoms with van der Waals surface area (Å²) in [5.41, 5.74) is 10.5. The van der Waals surface area contributed by atoms with Gasteiger partial charge in [-0.3, -0.25) is 4.79 Å². The first-order valence-electron chi connectivity index (χ1n) is 12.1. The second kappa shape index (κ2) is 10.3. The fourth-order valence-corrected chi connectivity index (χ4v) is 5.69. The molecule has 3 nitrogen and oxygen atoms in total. The molecule has 2 atom stereocenters. The fourth-order valence-electron chi connectivity index (χ4n) is 5.69. The smallest absolute Gasteiger partial charge is 0.232 e. The number of carbonyl (C=O) groups is 1. The summed E-state index contributed by atoms with van der Waals surface area (Å²) in [5, 5.41) is 0. The molecule has 3 heteroatoms. The minimum absolute atomic E-state index is 0.197. The summed E-state index contributed by atoms with van der Waals surface area (Å²) in [6.45, 7) is 5.22. The molecule has 168 valence electrons. The van der Waals surface area contributed by atoms with Gasteiger partial charge in [0.05, 0.1) is 5.41 Å². The Morgan fingerprint density at radius 1 is 1.12 bits per heavy atom. The number of rotatable bonds is 8. The van der Waals surface area contributed by atoms with E-state index in [1.165, 1.54) is 16.7 Å². The lowest BCUT2D eigenvalue weighted by Gasteiger charge is -2.46. The number of primary amides is 1. The van der Waals surface area contributed by atoms with Gasteiger partial charge in [0.15, 0.2) is 0 Å². The number of hydrogen-bond donors (Lipinski definition) is 1. The number of hydrogen-bond acceptors (Lipinski definition) is 2. The molecule has 1 amide bonds. The zero-order valence-electron chi connectivity index (χ0n) is 19.3. The van der Waals surface area contributed by atoms with E-state index in [4.69, 9.17) is 5.73 Å². The number of carbonyl (C=O) groups excluding carboxylic acids is 1. The molecule has 1 saturated heterocycles. The predicted octanol–water partition coefficient (Wildman–Crippen LogP) is 5.34. The summed E-state index contributed by atoms with van der Waals surface area (Å²) in [6.07, 6.45) is 12.7. The molecule has 2 unspecified atom stereocenters. The number of likely N-dealkylation sites (tertiary alicyclic amines) is 1. The van der Waals surface area contributed by atoms with E-state index in [2.05, 4.69) is 66.4 Å². The molecular formula is C29H36N2O. The number of benzene rings is 2. The number of amides is 1. The minimum Gasteiger partial charge on any atom is -0.369 e. The van der Waals surface area contributed by atoms with Crippen molar-refractivity contribution in [3.8, 4) is 0 Å². The molecule has 2 N–H and O–H groups in total. The van der Waals surface area contributed by atoms with Crippen molar-refractivity contribution in [2.24, 2.45) is 11.7 Å². The van der Waals surface area contributed by atoms with E-state index in [1.807, 2.05) is 18.2 Å². The topological polar surface area (TPSA) is 46.3 Å². The van der Waals surface area contributed by atoms with E-state index in [1.54, 1.807) is 0 Å². The van der Waals surface area contributed by atoms with Gasteiger partial charge in [-0.25, -0.2) is 0 Å². The van der Waals surface area contributed by atoms with Gasteiger partial charge in [0.2, 0.25) is 5.91 Å². The van der Waals surface area contributed by atoms with Crippen molar-refractivity contribution in [1.29, 1.82) is 0 Å². The highest BCUT2D eigenvalue weighted by molar-refractivity contribution is 5.91. The summed E-state index contributed by atoms with van der Waals surface area (Å²) in [4.78, 5) is 15.9. The standard InChI is InChI=1S/C29H36N2O/c1-23-16-18-24(19-17-23)10-8-20-31-21-9-15-27(22-31)29(28(30)32,25-11-4-2-5-12-25)26-13-6-3-7-14-26/h2-6,11-13,16-19,27H,7-10,14-15,20-22H2,1H3,(H2,30,32). The molecular weight excluding hydrogens is 392 g/mol. The molecule has 32 heavy (non-hydrogen) atoms. The van der Waals surface area contributed by atoms with Gasteiger partial charge in [0.25, 0.3) is 0 Å². The van der Waals surface area contributed by atoms with Gasteiger partial charge in [-0.05, 0) is 81.2 Å². The molecule has 0 radical (unpaired) electrons. The molecule has 2 aromatic carbocycles. The Kier molecular flexibility index (Phi) is 7.26. The van der Waals surface area contributed by atoms with Gasteiger partial charge in [-0.2, -0.15) is 0 Å². The third kappa shape index (κ3) is 4.73. The lowest BCUT2D eigenvalue weighted by atomic mass is 9.61. The maximum Gasteiger partial charge on any atom is 0.232 e. The van der Waals surface area contributed by atoms with Gasteiger partial charge < -0.3 is 10.6 Å². The Hall–Kier alpha value is -2.65. The molecule has 2 aromatic rings. The minimum atomic E-state index is -0.721. The van der Waals surface area contributed by atoms with Crippen LogP contribution in [-0.4, -0.2) is 30.4 Å². The molecule has 2 aliphatic rings. The lowest BCUT2D eigenvalue weighted by molar-refractivity contribution is -0.125. The second-order valence-corrected chi connectivity index (χ2v) is 9.43. The van der Waals surface area contributed by atoms with Crippen LogP contribution < -0.4 is 5.73 Å². The predicted molar refractivity (Wildman–Crippen MR) is 132 cm³/mol. The van der Waals surface area contributed by atoms with Crippen molar-refractivity contribution in [3.63, 3.8) is 0 Å². The van der Waals surface area contributed by atoms with E-state index in [0.717, 1.165) is 63.7 Å². The van der Waals surface area contributed by atoms with Crippen LogP contribution in [0.1, 0.15) is 48.8 Å². The molecule has 0 bridgehead atoms. The maximum absolute atomic E-state index is 13.3. The van der Waals surface area contributed by atoms with Crippen LogP contribution in [0.5, 0.6) is 0 Å². The average Bonchev–Trinajstić information content (AvgIpc) is 2.82. The molecule has 1 fully saturated rings. The van der Waals surface area contributed by atoms with Crippen LogP contribution in [0.4, 0.5) is 0 Å². The molecule has 1 aliphatic heterocycles. The van der Waals surface area contributed by atoms with E-state index in [-0.39, 0.29) is 11.8 Å². The highest BCUT2D eigenvalue weighted by Crippen LogP contribution is 2.45. The maximum atomic E-state index is 13.3. The highest BCUT2D eigenvalue weighted by atomic mass is 16.1. The Bertz CT molecular complexity index is 960. The zero-order chi connectivity index (χ0) is 22.4. The number of aryl methyl sites for hydroxylation is 2. The van der Waals surface area contributed by atoms with Crippen LogP contribution in [0.15, 0.2) is 78.4 Å². The second-order valence-electron chi connectivity index (χ2n) is 9.43. The highest BCUT2D eigenvalue weighted by Gasteiger charge is 2.49. The first kappa shape index (κ1) is 22.5. The quantitative estimate of drug-likeness (QED) is 0.617. The van der Waals surface area contributed by atoms with Crippen LogP contribution in [0.2, 0.25) is 0 Å². The normalized spacial score (nSPS) is 21.0. The Morgan fingerprint density at radius 3 is 2.59 bits per heavy atom. The van der Waals surface area contributed by atoms with Crippen LogP contribution >= 0.6 is 0 Å². The SMILES string of the molecule is Cc1ccc(CCCN2CCCC(C(C(N)=O)(C3=CC=CCC3)c3ccccc3)C2)cc1. The largest absolute Gasteiger partial charge is 0.369 e. The Morgan fingerprint density at radius 2 is 1.91 bits per heavy atom. The van der Waals surface area contributed by atoms with Gasteiger partial charge in [0.1, 0.15) is 0 Å². The van der Waals surface area contributed by atoms with Crippen molar-refractivity contribution in [3.05, 3.63) is 95.1 Å². The zero-order valence-corrected chi connectivity index (χ0v) is 19.3. The third-order valence-electron chi connectivity index (χ3n) is 7.32. The summed E-state index contributed by atoms with van der Waals surface area (Å²) in [7, 11) is 0. The first-order chi connectivity index (χ1) is 15.6. The van der Waals surface area contributed by atoms with Crippen LogP contribution in [0, 0.1) is 12.8 Å². The van der Waals surface area contributed by atoms with Crippen LogP contribution in [0.25, 0.3) is 0 Å².